The molecular weight excluding hydrogens is 406 g/mol. The molecule has 2 aromatic carbocycles. The summed E-state index contributed by atoms with van der Waals surface area (Å²) in [5, 5.41) is 1.21. The van der Waals surface area contributed by atoms with Gasteiger partial charge in [0.25, 0.3) is 0 Å². The Kier molecular flexibility index (Phi) is 7.72. The largest absolute Gasteiger partial charge is 0.450 e. The summed E-state index contributed by atoms with van der Waals surface area (Å²) in [4.78, 5) is 30.3. The van der Waals surface area contributed by atoms with Gasteiger partial charge in [-0.25, -0.2) is 15.4 Å². The summed E-state index contributed by atoms with van der Waals surface area (Å²) in [5.41, 5.74) is 2.65. The Morgan fingerprint density at radius 2 is 1.72 bits per heavy atom. The second-order valence-corrected chi connectivity index (χ2v) is 7.52. The molecule has 1 heterocycles. The van der Waals surface area contributed by atoms with Gasteiger partial charge >= 0.3 is 12.1 Å². The molecule has 0 radical (unpaired) electrons. The number of urea groups is 1. The van der Waals surface area contributed by atoms with Gasteiger partial charge in [-0.1, -0.05) is 36.9 Å². The number of amides is 3. The summed E-state index contributed by atoms with van der Waals surface area (Å²) in [6, 6.07) is 16.6. The lowest BCUT2D eigenvalue weighted by atomic mass is 10.1. The number of hydrogen-bond donors (Lipinski definition) is 1. The molecule has 0 spiro atoms. The molecule has 0 aromatic heterocycles. The highest BCUT2D eigenvalue weighted by Crippen LogP contribution is 2.25. The van der Waals surface area contributed by atoms with Gasteiger partial charge in [-0.2, -0.15) is 0 Å². The molecule has 1 unspecified atom stereocenters. The van der Waals surface area contributed by atoms with Crippen LogP contribution in [0.4, 0.5) is 21.0 Å². The topological polar surface area (TPSA) is 82.4 Å². The highest BCUT2D eigenvalue weighted by molar-refractivity contribution is 5.93. The van der Waals surface area contributed by atoms with E-state index in [1.165, 1.54) is 16.1 Å². The molecule has 32 heavy (non-hydrogen) atoms. The third-order valence-corrected chi connectivity index (χ3v) is 5.61. The number of carbonyl (C=O) groups excluding carboxylic acids is 2. The highest BCUT2D eigenvalue weighted by Gasteiger charge is 2.25. The summed E-state index contributed by atoms with van der Waals surface area (Å²) < 4.78 is 5.07. The van der Waals surface area contributed by atoms with Crippen LogP contribution >= 0.6 is 0 Å². The molecule has 170 valence electrons. The van der Waals surface area contributed by atoms with Gasteiger partial charge in [-0.05, 0) is 43.7 Å². The summed E-state index contributed by atoms with van der Waals surface area (Å²) in [6.07, 6.45) is 1.20. The van der Waals surface area contributed by atoms with Crippen LogP contribution in [0, 0.1) is 0 Å². The average molecular weight is 438 g/mol. The monoisotopic (exact) mass is 437 g/mol. The third kappa shape index (κ3) is 5.20. The van der Waals surface area contributed by atoms with E-state index in [1.807, 2.05) is 61.5 Å². The Hall–Kier alpha value is -3.52. The van der Waals surface area contributed by atoms with Crippen LogP contribution in [0.1, 0.15) is 25.5 Å². The first-order valence-electron chi connectivity index (χ1n) is 10.8. The van der Waals surface area contributed by atoms with Crippen LogP contribution in [0.25, 0.3) is 0 Å². The lowest BCUT2D eigenvalue weighted by Crippen LogP contribution is -2.49. The molecule has 0 aliphatic carbocycles. The van der Waals surface area contributed by atoms with Gasteiger partial charge in [-0.15, -0.1) is 0 Å². The van der Waals surface area contributed by atoms with Gasteiger partial charge in [0.2, 0.25) is 0 Å². The van der Waals surface area contributed by atoms with Crippen molar-refractivity contribution in [3.8, 4) is 0 Å². The van der Waals surface area contributed by atoms with E-state index in [0.717, 1.165) is 11.3 Å². The normalized spacial score (nSPS) is 14.5. The van der Waals surface area contributed by atoms with Crippen LogP contribution in [0.3, 0.4) is 0 Å². The van der Waals surface area contributed by atoms with Crippen molar-refractivity contribution in [1.29, 1.82) is 0 Å². The molecule has 1 saturated heterocycles. The van der Waals surface area contributed by atoms with E-state index in [2.05, 4.69) is 11.5 Å². The van der Waals surface area contributed by atoms with Crippen molar-refractivity contribution in [2.45, 2.75) is 19.9 Å². The number of ether oxygens (including phenoxy) is 1. The quantitative estimate of drug-likeness (QED) is 0.420. The molecule has 1 aliphatic rings. The minimum absolute atomic E-state index is 0.265. The van der Waals surface area contributed by atoms with E-state index in [9.17, 15) is 9.59 Å². The van der Waals surface area contributed by atoms with Crippen molar-refractivity contribution < 1.29 is 14.3 Å². The summed E-state index contributed by atoms with van der Waals surface area (Å²) in [7, 11) is 0. The van der Waals surface area contributed by atoms with Crippen molar-refractivity contribution in [3.05, 3.63) is 72.9 Å². The Bertz CT molecular complexity index is 911. The molecule has 8 nitrogen and oxygen atoms in total. The molecule has 1 aliphatic heterocycles. The average Bonchev–Trinajstić information content (AvgIpc) is 2.84. The maximum atomic E-state index is 13.0. The Morgan fingerprint density at radius 1 is 1.09 bits per heavy atom. The standard InChI is InChI=1S/C24H31N5O3/c1-4-28(23(30)29(25)19(3)20-9-7-6-8-10-20)22-13-11-21(12-14-22)26-15-17-27(18-16-26)24(31)32-5-2/h4,6-14,19H,1,5,15-18,25H2,2-3H3. The summed E-state index contributed by atoms with van der Waals surface area (Å²) in [5.74, 6) is 6.16. The Morgan fingerprint density at radius 3 is 2.28 bits per heavy atom. The minimum Gasteiger partial charge on any atom is -0.450 e. The van der Waals surface area contributed by atoms with Crippen LogP contribution in [0.15, 0.2) is 67.4 Å². The van der Waals surface area contributed by atoms with E-state index in [0.29, 0.717) is 38.5 Å². The minimum atomic E-state index is -0.368. The summed E-state index contributed by atoms with van der Waals surface area (Å²) >= 11 is 0. The number of anilines is 2. The first kappa shape index (κ1) is 23.1. The number of rotatable bonds is 6. The number of hydrazine groups is 1. The first-order valence-corrected chi connectivity index (χ1v) is 10.8. The first-order chi connectivity index (χ1) is 15.5. The molecule has 8 heteroatoms. The zero-order valence-corrected chi connectivity index (χ0v) is 18.7. The van der Waals surface area contributed by atoms with Gasteiger partial charge in [-0.3, -0.25) is 9.91 Å². The lowest BCUT2D eigenvalue weighted by Gasteiger charge is -2.35. The zero-order valence-electron chi connectivity index (χ0n) is 18.7. The van der Waals surface area contributed by atoms with Crippen molar-refractivity contribution in [3.63, 3.8) is 0 Å². The molecule has 3 amide bonds. The Labute approximate surface area is 189 Å². The van der Waals surface area contributed by atoms with Crippen LogP contribution in [0.5, 0.6) is 0 Å². The smallest absolute Gasteiger partial charge is 0.409 e. The van der Waals surface area contributed by atoms with Crippen molar-refractivity contribution >= 4 is 23.5 Å². The molecule has 0 bridgehead atoms. The maximum absolute atomic E-state index is 13.0. The lowest BCUT2D eigenvalue weighted by molar-refractivity contribution is 0.105. The van der Waals surface area contributed by atoms with E-state index in [4.69, 9.17) is 10.6 Å². The second kappa shape index (κ2) is 10.7. The highest BCUT2D eigenvalue weighted by atomic mass is 16.6. The van der Waals surface area contributed by atoms with Crippen LogP contribution in [-0.4, -0.2) is 54.8 Å². The molecule has 3 rings (SSSR count). The van der Waals surface area contributed by atoms with Crippen LogP contribution in [-0.2, 0) is 4.74 Å². The number of hydrogen-bond acceptors (Lipinski definition) is 5. The number of carbonyl (C=O) groups is 2. The van der Waals surface area contributed by atoms with Crippen molar-refractivity contribution in [2.75, 3.05) is 42.6 Å². The fraction of sp³-hybridized carbons (Fsp3) is 0.333. The predicted octanol–water partition coefficient (Wildman–Crippen LogP) is 3.97. The number of piperazine rings is 1. The van der Waals surface area contributed by atoms with Crippen LogP contribution < -0.4 is 15.6 Å². The van der Waals surface area contributed by atoms with Gasteiger partial charge < -0.3 is 14.5 Å². The second-order valence-electron chi connectivity index (χ2n) is 7.52. The number of nitrogens with zero attached hydrogens (tertiary/aromatic N) is 4. The number of nitrogens with two attached hydrogens (primary N) is 1. The van der Waals surface area contributed by atoms with E-state index < -0.39 is 0 Å². The molecule has 1 atom stereocenters. The maximum Gasteiger partial charge on any atom is 0.409 e. The molecular formula is C24H31N5O3. The zero-order chi connectivity index (χ0) is 23.1. The molecule has 2 aromatic rings. The predicted molar refractivity (Wildman–Crippen MR) is 126 cm³/mol. The SMILES string of the molecule is C=CN(C(=O)N(N)C(C)c1ccccc1)c1ccc(N2CCN(C(=O)OCC)CC2)cc1. The molecule has 2 N–H and O–H groups in total. The van der Waals surface area contributed by atoms with Crippen LogP contribution in [0.2, 0.25) is 0 Å². The summed E-state index contributed by atoms with van der Waals surface area (Å²) in [6.45, 7) is 10.5. The third-order valence-electron chi connectivity index (χ3n) is 5.61. The fourth-order valence-corrected chi connectivity index (χ4v) is 3.66. The van der Waals surface area contributed by atoms with Gasteiger partial charge in [0.05, 0.1) is 18.3 Å². The van der Waals surface area contributed by atoms with Gasteiger partial charge in [0.1, 0.15) is 0 Å². The molecule has 1 fully saturated rings. The Balaban J connectivity index is 1.64. The van der Waals surface area contributed by atoms with Gasteiger partial charge in [0.15, 0.2) is 0 Å². The van der Waals surface area contributed by atoms with Crippen molar-refractivity contribution in [1.82, 2.24) is 9.91 Å². The number of benzene rings is 2. The van der Waals surface area contributed by atoms with E-state index in [1.54, 1.807) is 11.8 Å². The van der Waals surface area contributed by atoms with Gasteiger partial charge in [0, 0.05) is 38.1 Å². The fourth-order valence-electron chi connectivity index (χ4n) is 3.66. The van der Waals surface area contributed by atoms with E-state index >= 15 is 0 Å². The van der Waals surface area contributed by atoms with E-state index in [-0.39, 0.29) is 18.2 Å². The van der Waals surface area contributed by atoms with Crippen molar-refractivity contribution in [2.24, 2.45) is 5.84 Å². The molecule has 0 saturated carbocycles.